The van der Waals surface area contributed by atoms with Gasteiger partial charge in [0.05, 0.1) is 23.1 Å². The van der Waals surface area contributed by atoms with Crippen molar-refractivity contribution < 1.29 is 18.7 Å². The summed E-state index contributed by atoms with van der Waals surface area (Å²) in [4.78, 5) is 33.5. The van der Waals surface area contributed by atoms with E-state index < -0.39 is 28.6 Å². The Labute approximate surface area is 156 Å². The summed E-state index contributed by atoms with van der Waals surface area (Å²) in [5.41, 5.74) is -0.218. The number of carboxylic acids is 1. The number of anilines is 1. The molecule has 2 aliphatic rings. The van der Waals surface area contributed by atoms with Crippen LogP contribution in [0, 0.1) is 11.6 Å². The molecule has 9 heteroatoms. The highest BCUT2D eigenvalue weighted by Crippen LogP contribution is 2.40. The smallest absolute Gasteiger partial charge is 0.341 e. The zero-order chi connectivity index (χ0) is 19.6. The van der Waals surface area contributed by atoms with Crippen LogP contribution < -0.4 is 10.3 Å². The molecule has 3 aromatic rings. The second-order valence-corrected chi connectivity index (χ2v) is 7.08. The average molecular weight is 384 g/mol. The topological polar surface area (TPSA) is 88.3 Å². The van der Waals surface area contributed by atoms with Crippen LogP contribution in [0.5, 0.6) is 0 Å². The van der Waals surface area contributed by atoms with Crippen molar-refractivity contribution in [2.45, 2.75) is 32.0 Å². The van der Waals surface area contributed by atoms with E-state index in [0.717, 1.165) is 24.5 Å². The third-order valence-electron chi connectivity index (χ3n) is 5.25. The molecule has 142 valence electrons. The fourth-order valence-corrected chi connectivity index (χ4v) is 3.77. The largest absolute Gasteiger partial charge is 0.477 e. The lowest BCUT2D eigenvalue weighted by Crippen LogP contribution is -2.23. The van der Waals surface area contributed by atoms with Gasteiger partial charge in [-0.25, -0.2) is 23.5 Å². The van der Waals surface area contributed by atoms with E-state index in [2.05, 4.69) is 9.97 Å². The number of rotatable bonds is 3. The maximum absolute atomic E-state index is 15.5. The lowest BCUT2D eigenvalue weighted by molar-refractivity contribution is 0.0695. The minimum Gasteiger partial charge on any atom is -0.477 e. The molecule has 1 N–H and O–H groups in total. The number of carbonyl (C=O) groups is 1. The van der Waals surface area contributed by atoms with Gasteiger partial charge in [0.2, 0.25) is 5.43 Å². The summed E-state index contributed by atoms with van der Waals surface area (Å²) in [6, 6.07) is 0.839. The molecule has 0 radical (unpaired) electrons. The maximum atomic E-state index is 15.5. The Bertz CT molecular complexity index is 1200. The molecule has 1 aromatic carbocycles. The van der Waals surface area contributed by atoms with E-state index >= 15 is 4.39 Å². The molecule has 0 spiro atoms. The van der Waals surface area contributed by atoms with Crippen molar-refractivity contribution in [2.24, 2.45) is 0 Å². The Morgan fingerprint density at radius 3 is 2.71 bits per heavy atom. The number of halogens is 2. The number of carboxylic acid groups (broad SMARTS) is 1. The first-order valence-electron chi connectivity index (χ1n) is 8.78. The highest BCUT2D eigenvalue weighted by atomic mass is 19.1. The molecule has 28 heavy (non-hydrogen) atoms. The molecule has 3 heterocycles. The lowest BCUT2D eigenvalue weighted by Gasteiger charge is -2.21. The molecule has 2 aromatic heterocycles. The van der Waals surface area contributed by atoms with Crippen LogP contribution in [0.25, 0.3) is 10.9 Å². The number of hydrogen-bond acceptors (Lipinski definition) is 5. The zero-order valence-electron chi connectivity index (χ0n) is 14.5. The highest BCUT2D eigenvalue weighted by molar-refractivity contribution is 5.94. The predicted molar refractivity (Wildman–Crippen MR) is 95.3 cm³/mol. The van der Waals surface area contributed by atoms with E-state index in [1.807, 2.05) is 0 Å². The van der Waals surface area contributed by atoms with E-state index in [4.69, 9.17) is 0 Å². The molecule has 0 bridgehead atoms. The molecule has 0 unspecified atom stereocenters. The number of nitrogens with zero attached hydrogens (tertiary/aromatic N) is 4. The van der Waals surface area contributed by atoms with Gasteiger partial charge in [-0.2, -0.15) is 0 Å². The Morgan fingerprint density at radius 1 is 1.25 bits per heavy atom. The van der Waals surface area contributed by atoms with Crippen LogP contribution in [0.4, 0.5) is 14.5 Å². The molecule has 1 aliphatic carbocycles. The summed E-state index contributed by atoms with van der Waals surface area (Å²) >= 11 is 0. The first-order valence-corrected chi connectivity index (χ1v) is 8.78. The van der Waals surface area contributed by atoms with E-state index in [1.54, 1.807) is 6.20 Å². The zero-order valence-corrected chi connectivity index (χ0v) is 14.5. The molecule has 1 saturated carbocycles. The third-order valence-corrected chi connectivity index (χ3v) is 5.25. The van der Waals surface area contributed by atoms with Gasteiger partial charge in [-0.05, 0) is 18.9 Å². The Morgan fingerprint density at radius 2 is 2.04 bits per heavy atom. The molecule has 0 saturated heterocycles. The van der Waals surface area contributed by atoms with Crippen molar-refractivity contribution in [2.75, 3.05) is 4.90 Å². The third kappa shape index (κ3) is 2.39. The van der Waals surface area contributed by atoms with Crippen LogP contribution in [0.1, 0.15) is 40.5 Å². The molecule has 5 rings (SSSR count). The molecule has 1 fully saturated rings. The SMILES string of the molecule is O=C(O)c1cn(C2CC2)c2c(F)c(N3Cc4cncnc4C3)c(F)cc2c1=O. The van der Waals surface area contributed by atoms with Gasteiger partial charge in [0.15, 0.2) is 5.82 Å². The number of aromatic nitrogens is 3. The predicted octanol–water partition coefficient (Wildman–Crippen LogP) is 2.62. The number of hydrogen-bond donors (Lipinski definition) is 1. The highest BCUT2D eigenvalue weighted by Gasteiger charge is 2.32. The minimum atomic E-state index is -1.42. The van der Waals surface area contributed by atoms with E-state index in [1.165, 1.54) is 22.0 Å². The van der Waals surface area contributed by atoms with Gasteiger partial charge < -0.3 is 14.6 Å². The molecule has 7 nitrogen and oxygen atoms in total. The molecular formula is C19H14F2N4O3. The first-order chi connectivity index (χ1) is 13.5. The van der Waals surface area contributed by atoms with Crippen LogP contribution in [-0.2, 0) is 13.1 Å². The molecule has 0 amide bonds. The van der Waals surface area contributed by atoms with Crippen LogP contribution in [0.3, 0.4) is 0 Å². The summed E-state index contributed by atoms with van der Waals surface area (Å²) in [6.45, 7) is 0.467. The number of fused-ring (bicyclic) bond motifs is 2. The van der Waals surface area contributed by atoms with Gasteiger partial charge in [-0.1, -0.05) is 0 Å². The Hall–Kier alpha value is -3.36. The lowest BCUT2D eigenvalue weighted by atomic mass is 10.1. The van der Waals surface area contributed by atoms with Crippen LogP contribution in [0.15, 0.2) is 29.6 Å². The molecular weight excluding hydrogens is 370 g/mol. The van der Waals surface area contributed by atoms with Gasteiger partial charge in [0.1, 0.15) is 23.4 Å². The van der Waals surface area contributed by atoms with E-state index in [9.17, 15) is 19.1 Å². The van der Waals surface area contributed by atoms with Crippen molar-refractivity contribution in [1.29, 1.82) is 0 Å². The summed E-state index contributed by atoms with van der Waals surface area (Å²) in [5.74, 6) is -3.19. The van der Waals surface area contributed by atoms with Crippen molar-refractivity contribution in [3.8, 4) is 0 Å². The fourth-order valence-electron chi connectivity index (χ4n) is 3.77. The van der Waals surface area contributed by atoms with Crippen molar-refractivity contribution in [1.82, 2.24) is 14.5 Å². The van der Waals surface area contributed by atoms with Gasteiger partial charge in [0.25, 0.3) is 0 Å². The van der Waals surface area contributed by atoms with Crippen LogP contribution in [-0.4, -0.2) is 25.6 Å². The summed E-state index contributed by atoms with van der Waals surface area (Å²) < 4.78 is 31.9. The van der Waals surface area contributed by atoms with Crippen molar-refractivity contribution in [3.63, 3.8) is 0 Å². The maximum Gasteiger partial charge on any atom is 0.341 e. The van der Waals surface area contributed by atoms with Gasteiger partial charge in [-0.3, -0.25) is 4.79 Å². The number of pyridine rings is 1. The van der Waals surface area contributed by atoms with Gasteiger partial charge in [0, 0.05) is 30.5 Å². The molecule has 1 aliphatic heterocycles. The first kappa shape index (κ1) is 16.8. The number of aromatic carboxylic acids is 1. The average Bonchev–Trinajstić information content (AvgIpc) is 3.41. The monoisotopic (exact) mass is 384 g/mol. The van der Waals surface area contributed by atoms with E-state index in [0.29, 0.717) is 5.69 Å². The summed E-state index contributed by atoms with van der Waals surface area (Å²) in [7, 11) is 0. The van der Waals surface area contributed by atoms with Crippen LogP contribution >= 0.6 is 0 Å². The van der Waals surface area contributed by atoms with Crippen molar-refractivity contribution in [3.05, 3.63) is 63.5 Å². The summed E-state index contributed by atoms with van der Waals surface area (Å²) in [6.07, 6.45) is 5.65. The van der Waals surface area contributed by atoms with E-state index in [-0.39, 0.29) is 35.7 Å². The minimum absolute atomic E-state index is 0.0593. The standard InChI is InChI=1S/C19H14F2N4O3/c20-13-3-11-16(25(10-1-2-10)6-12(18(11)26)19(27)28)15(21)17(13)24-5-9-4-22-8-23-14(9)7-24/h3-4,6,8,10H,1-2,5,7H2,(H,27,28). The second-order valence-electron chi connectivity index (χ2n) is 7.08. The quantitative estimate of drug-likeness (QED) is 0.747. The van der Waals surface area contributed by atoms with Crippen LogP contribution in [0.2, 0.25) is 0 Å². The van der Waals surface area contributed by atoms with Crippen molar-refractivity contribution >= 4 is 22.6 Å². The molecule has 0 atom stereocenters. The summed E-state index contributed by atoms with van der Waals surface area (Å²) in [5, 5.41) is 9.03. The fraction of sp³-hybridized carbons (Fsp3) is 0.263. The normalized spacial score (nSPS) is 15.9. The Kier molecular flexibility index (Phi) is 3.49. The van der Waals surface area contributed by atoms with Gasteiger partial charge >= 0.3 is 5.97 Å². The number of benzene rings is 1. The van der Waals surface area contributed by atoms with Gasteiger partial charge in [-0.15, -0.1) is 0 Å². The second kappa shape index (κ2) is 5.82. The Balaban J connectivity index is 1.75.